The number of hydrogen-bond acceptors (Lipinski definition) is 1. The summed E-state index contributed by atoms with van der Waals surface area (Å²) in [5.41, 5.74) is 4.96. The third kappa shape index (κ3) is 4.79. The van der Waals surface area contributed by atoms with Crippen molar-refractivity contribution < 1.29 is 5.11 Å². The van der Waals surface area contributed by atoms with Crippen molar-refractivity contribution in [2.75, 3.05) is 0 Å². The van der Waals surface area contributed by atoms with Gasteiger partial charge in [-0.3, -0.25) is 0 Å². The van der Waals surface area contributed by atoms with Crippen molar-refractivity contribution in [1.82, 2.24) is 0 Å². The SMILES string of the molecule is CC(C)=CCC/C(C)=C/Cc1c(C)cccc1O. The Labute approximate surface area is 111 Å². The smallest absolute Gasteiger partial charge is 0.119 e. The highest BCUT2D eigenvalue weighted by molar-refractivity contribution is 5.40. The van der Waals surface area contributed by atoms with Gasteiger partial charge in [0.05, 0.1) is 0 Å². The summed E-state index contributed by atoms with van der Waals surface area (Å²) < 4.78 is 0. The second-order valence-electron chi connectivity index (χ2n) is 5.15. The third-order valence-corrected chi connectivity index (χ3v) is 3.13. The second-order valence-corrected chi connectivity index (χ2v) is 5.15. The summed E-state index contributed by atoms with van der Waals surface area (Å²) in [6.45, 7) is 8.46. The summed E-state index contributed by atoms with van der Waals surface area (Å²) in [6, 6.07) is 5.69. The monoisotopic (exact) mass is 244 g/mol. The topological polar surface area (TPSA) is 20.2 Å². The van der Waals surface area contributed by atoms with Crippen molar-refractivity contribution in [2.24, 2.45) is 0 Å². The van der Waals surface area contributed by atoms with E-state index in [2.05, 4.69) is 32.9 Å². The van der Waals surface area contributed by atoms with Crippen LogP contribution < -0.4 is 0 Å². The van der Waals surface area contributed by atoms with Gasteiger partial charge in [0, 0.05) is 5.56 Å². The third-order valence-electron chi connectivity index (χ3n) is 3.13. The van der Waals surface area contributed by atoms with Crippen LogP contribution in [0.4, 0.5) is 0 Å². The summed E-state index contributed by atoms with van der Waals surface area (Å²) >= 11 is 0. The van der Waals surface area contributed by atoms with Gasteiger partial charge in [-0.05, 0) is 58.6 Å². The van der Waals surface area contributed by atoms with Gasteiger partial charge >= 0.3 is 0 Å². The zero-order valence-electron chi connectivity index (χ0n) is 12.0. The van der Waals surface area contributed by atoms with Crippen molar-refractivity contribution in [3.8, 4) is 5.75 Å². The molecule has 0 aliphatic rings. The highest BCUT2D eigenvalue weighted by atomic mass is 16.3. The molecule has 0 spiro atoms. The first kappa shape index (κ1) is 14.6. The minimum absolute atomic E-state index is 0.406. The maximum atomic E-state index is 9.81. The minimum Gasteiger partial charge on any atom is -0.508 e. The molecule has 0 amide bonds. The normalized spacial score (nSPS) is 11.4. The zero-order valence-corrected chi connectivity index (χ0v) is 12.0. The average molecular weight is 244 g/mol. The molecule has 18 heavy (non-hydrogen) atoms. The molecule has 0 heterocycles. The number of hydrogen-bond donors (Lipinski definition) is 1. The van der Waals surface area contributed by atoms with Gasteiger partial charge in [0.25, 0.3) is 0 Å². The quantitative estimate of drug-likeness (QED) is 0.728. The first-order valence-electron chi connectivity index (χ1n) is 6.57. The molecule has 0 bridgehead atoms. The fourth-order valence-electron chi connectivity index (χ4n) is 1.92. The molecule has 1 N–H and O–H groups in total. The van der Waals surface area contributed by atoms with E-state index in [4.69, 9.17) is 0 Å². The Morgan fingerprint density at radius 2 is 1.89 bits per heavy atom. The minimum atomic E-state index is 0.406. The number of benzene rings is 1. The Morgan fingerprint density at radius 3 is 2.50 bits per heavy atom. The predicted octanol–water partition coefficient (Wildman–Crippen LogP) is 4.94. The van der Waals surface area contributed by atoms with Gasteiger partial charge in [0.1, 0.15) is 5.75 Å². The molecule has 0 radical (unpaired) electrons. The number of rotatable bonds is 5. The van der Waals surface area contributed by atoms with E-state index in [9.17, 15) is 5.11 Å². The van der Waals surface area contributed by atoms with E-state index < -0.39 is 0 Å². The maximum Gasteiger partial charge on any atom is 0.119 e. The van der Waals surface area contributed by atoms with E-state index in [1.54, 1.807) is 6.07 Å². The predicted molar refractivity (Wildman–Crippen MR) is 79.0 cm³/mol. The molecular formula is C17H24O. The molecule has 1 aromatic rings. The van der Waals surface area contributed by atoms with Crippen LogP contribution >= 0.6 is 0 Å². The van der Waals surface area contributed by atoms with Gasteiger partial charge in [-0.25, -0.2) is 0 Å². The zero-order chi connectivity index (χ0) is 13.5. The van der Waals surface area contributed by atoms with Gasteiger partial charge in [0.15, 0.2) is 0 Å². The van der Waals surface area contributed by atoms with Crippen molar-refractivity contribution in [3.63, 3.8) is 0 Å². The van der Waals surface area contributed by atoms with Crippen LogP contribution in [0, 0.1) is 6.92 Å². The molecule has 1 heteroatoms. The van der Waals surface area contributed by atoms with Crippen molar-refractivity contribution in [3.05, 3.63) is 52.6 Å². The molecule has 98 valence electrons. The lowest BCUT2D eigenvalue weighted by Gasteiger charge is -2.06. The molecule has 1 rings (SSSR count). The second kappa shape index (κ2) is 7.05. The van der Waals surface area contributed by atoms with Crippen LogP contribution in [0.5, 0.6) is 5.75 Å². The fraction of sp³-hybridized carbons (Fsp3) is 0.412. The van der Waals surface area contributed by atoms with Gasteiger partial charge < -0.3 is 5.11 Å². The van der Waals surface area contributed by atoms with Gasteiger partial charge in [0.2, 0.25) is 0 Å². The van der Waals surface area contributed by atoms with E-state index in [0.717, 1.165) is 30.4 Å². The van der Waals surface area contributed by atoms with E-state index in [0.29, 0.717) is 5.75 Å². The highest BCUT2D eigenvalue weighted by Gasteiger charge is 2.02. The van der Waals surface area contributed by atoms with Crippen LogP contribution in [-0.2, 0) is 6.42 Å². The van der Waals surface area contributed by atoms with E-state index in [1.807, 2.05) is 19.1 Å². The van der Waals surface area contributed by atoms with Crippen LogP contribution in [-0.4, -0.2) is 5.11 Å². The number of phenolic OH excluding ortho intramolecular Hbond substituents is 1. The molecule has 0 fully saturated rings. The molecule has 0 atom stereocenters. The molecular weight excluding hydrogens is 220 g/mol. The molecule has 0 saturated carbocycles. The number of allylic oxidation sites excluding steroid dienone is 4. The van der Waals surface area contributed by atoms with E-state index in [-0.39, 0.29) is 0 Å². The average Bonchev–Trinajstić information content (AvgIpc) is 2.27. The first-order chi connectivity index (χ1) is 8.50. The van der Waals surface area contributed by atoms with E-state index >= 15 is 0 Å². The lowest BCUT2D eigenvalue weighted by Crippen LogP contribution is -1.89. The molecule has 0 saturated heterocycles. The molecule has 0 aliphatic heterocycles. The first-order valence-corrected chi connectivity index (χ1v) is 6.57. The highest BCUT2D eigenvalue weighted by Crippen LogP contribution is 2.22. The van der Waals surface area contributed by atoms with Gasteiger partial charge in [-0.2, -0.15) is 0 Å². The Hall–Kier alpha value is -1.50. The lowest BCUT2D eigenvalue weighted by atomic mass is 10.0. The van der Waals surface area contributed by atoms with Crippen LogP contribution in [0.2, 0.25) is 0 Å². The largest absolute Gasteiger partial charge is 0.508 e. The Balaban J connectivity index is 2.60. The van der Waals surface area contributed by atoms with Crippen molar-refractivity contribution in [1.29, 1.82) is 0 Å². The molecule has 1 aromatic carbocycles. The molecule has 0 aromatic heterocycles. The Morgan fingerprint density at radius 1 is 1.17 bits per heavy atom. The molecule has 0 unspecified atom stereocenters. The van der Waals surface area contributed by atoms with Gasteiger partial charge in [-0.15, -0.1) is 0 Å². The Bertz CT molecular complexity index is 428. The van der Waals surface area contributed by atoms with Crippen LogP contribution in [0.1, 0.15) is 44.7 Å². The number of aryl methyl sites for hydroxylation is 1. The summed E-state index contributed by atoms with van der Waals surface area (Å²) in [6.07, 6.45) is 7.50. The van der Waals surface area contributed by atoms with Crippen molar-refractivity contribution >= 4 is 0 Å². The fourth-order valence-corrected chi connectivity index (χ4v) is 1.92. The molecule has 0 aliphatic carbocycles. The van der Waals surface area contributed by atoms with E-state index in [1.165, 1.54) is 11.1 Å². The standard InChI is InChI=1S/C17H24O/c1-13(2)7-5-8-14(3)11-12-16-15(4)9-6-10-17(16)18/h6-7,9-11,18H,5,8,12H2,1-4H3/b14-11+. The van der Waals surface area contributed by atoms with Crippen molar-refractivity contribution in [2.45, 2.75) is 47.0 Å². The summed E-state index contributed by atoms with van der Waals surface area (Å²) in [5, 5.41) is 9.81. The summed E-state index contributed by atoms with van der Waals surface area (Å²) in [5.74, 6) is 0.406. The maximum absolute atomic E-state index is 9.81. The molecule has 1 nitrogen and oxygen atoms in total. The number of aromatic hydroxyl groups is 1. The van der Waals surface area contributed by atoms with Crippen LogP contribution in [0.3, 0.4) is 0 Å². The lowest BCUT2D eigenvalue weighted by molar-refractivity contribution is 0.469. The Kier molecular flexibility index (Phi) is 5.70. The van der Waals surface area contributed by atoms with Crippen LogP contribution in [0.25, 0.3) is 0 Å². The summed E-state index contributed by atoms with van der Waals surface area (Å²) in [7, 11) is 0. The van der Waals surface area contributed by atoms with Gasteiger partial charge in [-0.1, -0.05) is 35.4 Å². The van der Waals surface area contributed by atoms with Crippen LogP contribution in [0.15, 0.2) is 41.5 Å². The summed E-state index contributed by atoms with van der Waals surface area (Å²) in [4.78, 5) is 0. The number of phenols is 1.